The summed E-state index contributed by atoms with van der Waals surface area (Å²) in [5.74, 6) is 0.291. The van der Waals surface area contributed by atoms with Gasteiger partial charge in [-0.1, -0.05) is 30.2 Å². The van der Waals surface area contributed by atoms with Crippen molar-refractivity contribution in [3.05, 3.63) is 34.9 Å². The topological polar surface area (TPSA) is 43.1 Å². The van der Waals surface area contributed by atoms with E-state index in [1.807, 2.05) is 24.3 Å². The van der Waals surface area contributed by atoms with Gasteiger partial charge in [-0.3, -0.25) is 4.79 Å². The van der Waals surface area contributed by atoms with Gasteiger partial charge in [0.15, 0.2) is 0 Å². The number of nitrogens with two attached hydrogens (primary N) is 1. The number of hydrogen-bond donors (Lipinski definition) is 1. The second kappa shape index (κ2) is 7.42. The molecule has 0 saturated carbocycles. The number of ketones is 1. The number of Topliss-reactive ketones (excluding diaryl/α,β-unsaturated/α-hetero) is 1. The fourth-order valence-electron chi connectivity index (χ4n) is 1.56. The van der Waals surface area contributed by atoms with E-state index in [9.17, 15) is 4.79 Å². The third-order valence-corrected chi connectivity index (χ3v) is 2.73. The van der Waals surface area contributed by atoms with Crippen molar-refractivity contribution in [1.29, 1.82) is 0 Å². The van der Waals surface area contributed by atoms with Crippen molar-refractivity contribution in [2.75, 3.05) is 6.54 Å². The second-order valence-corrected chi connectivity index (χ2v) is 4.38. The predicted octanol–water partition coefficient (Wildman–Crippen LogP) is 2.97. The van der Waals surface area contributed by atoms with E-state index in [1.54, 1.807) is 0 Å². The minimum absolute atomic E-state index is 0.291. The van der Waals surface area contributed by atoms with Gasteiger partial charge < -0.3 is 5.73 Å². The highest BCUT2D eigenvalue weighted by molar-refractivity contribution is 6.30. The lowest BCUT2D eigenvalue weighted by Crippen LogP contribution is -2.03. The summed E-state index contributed by atoms with van der Waals surface area (Å²) in [7, 11) is 0. The van der Waals surface area contributed by atoms with Crippen molar-refractivity contribution in [3.63, 3.8) is 0 Å². The summed E-state index contributed by atoms with van der Waals surface area (Å²) in [4.78, 5) is 11.6. The van der Waals surface area contributed by atoms with Gasteiger partial charge in [-0.25, -0.2) is 0 Å². The zero-order valence-electron chi connectivity index (χ0n) is 9.42. The van der Waals surface area contributed by atoms with Crippen LogP contribution in [0.2, 0.25) is 5.02 Å². The molecule has 0 heterocycles. The van der Waals surface area contributed by atoms with E-state index in [0.717, 1.165) is 24.8 Å². The lowest BCUT2D eigenvalue weighted by molar-refractivity contribution is -0.118. The van der Waals surface area contributed by atoms with Crippen molar-refractivity contribution in [2.24, 2.45) is 5.73 Å². The number of benzene rings is 1. The Morgan fingerprint density at radius 2 is 1.81 bits per heavy atom. The average Bonchev–Trinajstić information content (AvgIpc) is 2.28. The maximum Gasteiger partial charge on any atom is 0.137 e. The average molecular weight is 240 g/mol. The molecular formula is C13H18ClNO. The summed E-state index contributed by atoms with van der Waals surface area (Å²) in [5, 5.41) is 0.708. The normalized spacial score (nSPS) is 10.4. The molecule has 0 saturated heterocycles. The molecule has 0 amide bonds. The minimum Gasteiger partial charge on any atom is -0.330 e. The number of unbranched alkanes of at least 4 members (excludes halogenated alkanes) is 2. The molecule has 0 aromatic heterocycles. The van der Waals surface area contributed by atoms with Gasteiger partial charge in [0.2, 0.25) is 0 Å². The van der Waals surface area contributed by atoms with E-state index in [1.165, 1.54) is 0 Å². The Hall–Kier alpha value is -0.860. The molecule has 1 aromatic rings. The molecule has 0 radical (unpaired) electrons. The molecule has 0 unspecified atom stereocenters. The summed E-state index contributed by atoms with van der Waals surface area (Å²) in [6, 6.07) is 7.44. The first-order valence-corrected chi connectivity index (χ1v) is 6.06. The summed E-state index contributed by atoms with van der Waals surface area (Å²) < 4.78 is 0. The predicted molar refractivity (Wildman–Crippen MR) is 67.7 cm³/mol. The zero-order chi connectivity index (χ0) is 11.8. The van der Waals surface area contributed by atoms with Crippen LogP contribution in [0.5, 0.6) is 0 Å². The third-order valence-electron chi connectivity index (χ3n) is 2.47. The van der Waals surface area contributed by atoms with Crippen molar-refractivity contribution in [3.8, 4) is 0 Å². The first-order chi connectivity index (χ1) is 7.72. The molecule has 3 heteroatoms. The molecule has 88 valence electrons. The maximum atomic E-state index is 11.6. The van der Waals surface area contributed by atoms with E-state index < -0.39 is 0 Å². The van der Waals surface area contributed by atoms with Crippen LogP contribution < -0.4 is 5.73 Å². The van der Waals surface area contributed by atoms with Gasteiger partial charge in [0.05, 0.1) is 0 Å². The Kier molecular flexibility index (Phi) is 6.12. The zero-order valence-corrected chi connectivity index (χ0v) is 10.2. The number of hydrogen-bond acceptors (Lipinski definition) is 2. The molecule has 16 heavy (non-hydrogen) atoms. The van der Waals surface area contributed by atoms with Crippen molar-refractivity contribution >= 4 is 17.4 Å². The summed E-state index contributed by atoms with van der Waals surface area (Å²) in [6.07, 6.45) is 4.17. The largest absolute Gasteiger partial charge is 0.330 e. The van der Waals surface area contributed by atoms with Crippen LogP contribution in [0.15, 0.2) is 24.3 Å². The minimum atomic E-state index is 0.291. The molecule has 1 aromatic carbocycles. The number of carbonyl (C=O) groups is 1. The molecule has 2 N–H and O–H groups in total. The van der Waals surface area contributed by atoms with Crippen LogP contribution in [-0.2, 0) is 11.2 Å². The third kappa shape index (κ3) is 5.29. The van der Waals surface area contributed by atoms with Crippen LogP contribution in [0.25, 0.3) is 0 Å². The Balaban J connectivity index is 2.26. The number of rotatable bonds is 7. The highest BCUT2D eigenvalue weighted by atomic mass is 35.5. The molecule has 0 fully saturated rings. The van der Waals surface area contributed by atoms with Gasteiger partial charge in [0.1, 0.15) is 5.78 Å². The van der Waals surface area contributed by atoms with Gasteiger partial charge in [-0.05, 0) is 37.1 Å². The van der Waals surface area contributed by atoms with E-state index in [0.29, 0.717) is 30.2 Å². The monoisotopic (exact) mass is 239 g/mol. The lowest BCUT2D eigenvalue weighted by Gasteiger charge is -2.01. The van der Waals surface area contributed by atoms with Crippen molar-refractivity contribution in [2.45, 2.75) is 32.1 Å². The summed E-state index contributed by atoms with van der Waals surface area (Å²) >= 11 is 5.77. The summed E-state index contributed by atoms with van der Waals surface area (Å²) in [6.45, 7) is 0.714. The molecule has 0 aliphatic carbocycles. The van der Waals surface area contributed by atoms with Crippen LogP contribution in [0.3, 0.4) is 0 Å². The van der Waals surface area contributed by atoms with Gasteiger partial charge in [-0.15, -0.1) is 0 Å². The Labute approximate surface area is 102 Å². The number of carbonyl (C=O) groups excluding carboxylic acids is 1. The van der Waals surface area contributed by atoms with E-state index in [2.05, 4.69) is 0 Å². The molecule has 0 aliphatic heterocycles. The second-order valence-electron chi connectivity index (χ2n) is 3.94. The summed E-state index contributed by atoms with van der Waals surface area (Å²) in [5.41, 5.74) is 6.42. The highest BCUT2D eigenvalue weighted by Gasteiger charge is 2.03. The molecule has 0 spiro atoms. The van der Waals surface area contributed by atoms with Crippen LogP contribution >= 0.6 is 11.6 Å². The Bertz CT molecular complexity index is 321. The fourth-order valence-corrected chi connectivity index (χ4v) is 1.69. The molecular weight excluding hydrogens is 222 g/mol. The first-order valence-electron chi connectivity index (χ1n) is 5.68. The quantitative estimate of drug-likeness (QED) is 0.744. The Morgan fingerprint density at radius 3 is 2.44 bits per heavy atom. The van der Waals surface area contributed by atoms with E-state index >= 15 is 0 Å². The van der Waals surface area contributed by atoms with Crippen molar-refractivity contribution in [1.82, 2.24) is 0 Å². The van der Waals surface area contributed by atoms with Crippen LogP contribution in [0.4, 0.5) is 0 Å². The Morgan fingerprint density at radius 1 is 1.12 bits per heavy atom. The molecule has 0 bridgehead atoms. The standard InChI is InChI=1S/C13H18ClNO/c14-12-7-5-11(6-8-12)10-13(16)4-2-1-3-9-15/h5-8H,1-4,9-10,15H2. The van der Waals surface area contributed by atoms with Crippen LogP contribution in [-0.4, -0.2) is 12.3 Å². The SMILES string of the molecule is NCCCCCC(=O)Cc1ccc(Cl)cc1. The van der Waals surface area contributed by atoms with E-state index in [-0.39, 0.29) is 0 Å². The maximum absolute atomic E-state index is 11.6. The van der Waals surface area contributed by atoms with Gasteiger partial charge in [-0.2, -0.15) is 0 Å². The smallest absolute Gasteiger partial charge is 0.137 e. The molecule has 1 rings (SSSR count). The molecule has 2 nitrogen and oxygen atoms in total. The molecule has 0 aliphatic rings. The van der Waals surface area contributed by atoms with Crippen LogP contribution in [0.1, 0.15) is 31.2 Å². The molecule has 0 atom stereocenters. The highest BCUT2D eigenvalue weighted by Crippen LogP contribution is 2.11. The van der Waals surface area contributed by atoms with Crippen molar-refractivity contribution < 1.29 is 4.79 Å². The number of halogens is 1. The van der Waals surface area contributed by atoms with Gasteiger partial charge >= 0.3 is 0 Å². The first kappa shape index (κ1) is 13.2. The van der Waals surface area contributed by atoms with Crippen LogP contribution in [0, 0.1) is 0 Å². The van der Waals surface area contributed by atoms with Gasteiger partial charge in [0, 0.05) is 17.9 Å². The fraction of sp³-hybridized carbons (Fsp3) is 0.462. The van der Waals surface area contributed by atoms with E-state index in [4.69, 9.17) is 17.3 Å². The van der Waals surface area contributed by atoms with Gasteiger partial charge in [0.25, 0.3) is 0 Å². The lowest BCUT2D eigenvalue weighted by atomic mass is 10.0.